The van der Waals surface area contributed by atoms with Crippen molar-refractivity contribution in [2.75, 3.05) is 51.0 Å². The van der Waals surface area contributed by atoms with Crippen LogP contribution in [-0.4, -0.2) is 117 Å². The van der Waals surface area contributed by atoms with Crippen LogP contribution in [0.5, 0.6) is 0 Å². The largest absolute Gasteiger partial charge is 0.477 e. The zero-order valence-corrected chi connectivity index (χ0v) is 23.2. The average Bonchev–Trinajstić information content (AvgIpc) is 3.31. The monoisotopic (exact) mass is 586 g/mol. The molecule has 2 bridgehead atoms. The normalized spacial score (nSPS) is 31.1. The number of sulfone groups is 1. The molecular weight excluding hydrogens is 558 g/mol. The summed E-state index contributed by atoms with van der Waals surface area (Å²) in [5.74, 6) is -2.16. The van der Waals surface area contributed by atoms with Gasteiger partial charge in [-0.15, -0.1) is 11.8 Å². The zero-order chi connectivity index (χ0) is 27.5. The number of hydrogen-bond acceptors (Lipinski definition) is 12. The summed E-state index contributed by atoms with van der Waals surface area (Å²) in [6.07, 6.45) is 2.97. The quantitative estimate of drug-likeness (QED) is 0.146. The van der Waals surface area contributed by atoms with Crippen LogP contribution >= 0.6 is 23.3 Å². The van der Waals surface area contributed by atoms with Crippen LogP contribution in [0.25, 0.3) is 0 Å². The molecule has 206 valence electrons. The number of amides is 2. The van der Waals surface area contributed by atoms with Gasteiger partial charge in [0.25, 0.3) is 11.8 Å². The van der Waals surface area contributed by atoms with E-state index in [4.69, 9.17) is 10.6 Å². The second kappa shape index (κ2) is 9.46. The number of fused-ring (bicyclic) bond motifs is 4. The molecule has 1 aromatic rings. The minimum Gasteiger partial charge on any atom is -0.477 e. The van der Waals surface area contributed by atoms with Crippen molar-refractivity contribution in [2.24, 2.45) is 5.16 Å². The fraction of sp³-hybridized carbons (Fsp3) is 0.619. The molecule has 0 unspecified atom stereocenters. The minimum atomic E-state index is -3.18. The van der Waals surface area contributed by atoms with E-state index in [9.17, 15) is 27.9 Å². The lowest BCUT2D eigenvalue weighted by atomic mass is 9.84. The first kappa shape index (κ1) is 26.8. The number of nitrogen functional groups attached to an aromatic ring is 1. The smallest absolute Gasteiger partial charge is 0.352 e. The number of quaternary nitrogens is 1. The van der Waals surface area contributed by atoms with E-state index >= 15 is 0 Å². The molecule has 6 heterocycles. The van der Waals surface area contributed by atoms with Crippen molar-refractivity contribution in [3.8, 4) is 0 Å². The van der Waals surface area contributed by atoms with Gasteiger partial charge in [-0.1, -0.05) is 5.16 Å². The number of anilines is 1. The third-order valence-electron chi connectivity index (χ3n) is 8.03. The Bertz CT molecular complexity index is 1350. The third-order valence-corrected chi connectivity index (χ3v) is 12.1. The Labute approximate surface area is 226 Å². The molecule has 38 heavy (non-hydrogen) atoms. The van der Waals surface area contributed by atoms with Crippen LogP contribution < -0.4 is 11.1 Å². The third kappa shape index (κ3) is 4.34. The van der Waals surface area contributed by atoms with Gasteiger partial charge in [-0.2, -0.15) is 9.36 Å². The van der Waals surface area contributed by atoms with Gasteiger partial charge in [0, 0.05) is 48.4 Å². The number of nitrogens with zero attached hydrogens (tertiary/aromatic N) is 5. The highest BCUT2D eigenvalue weighted by molar-refractivity contribution is 8.00. The average molecular weight is 587 g/mol. The maximum atomic E-state index is 13.1. The van der Waals surface area contributed by atoms with Crippen LogP contribution in [0.2, 0.25) is 0 Å². The highest BCUT2D eigenvalue weighted by atomic mass is 32.2. The molecule has 1 aromatic heterocycles. The number of nitrogens with two attached hydrogens (primary N) is 1. The van der Waals surface area contributed by atoms with E-state index in [0.717, 1.165) is 11.5 Å². The van der Waals surface area contributed by atoms with Crippen molar-refractivity contribution in [1.29, 1.82) is 0 Å². The van der Waals surface area contributed by atoms with Crippen molar-refractivity contribution < 1.29 is 37.2 Å². The molecule has 4 fully saturated rings. The summed E-state index contributed by atoms with van der Waals surface area (Å²) >= 11 is 2.25. The van der Waals surface area contributed by atoms with Crippen LogP contribution in [0.4, 0.5) is 5.13 Å². The van der Waals surface area contributed by atoms with Gasteiger partial charge >= 0.3 is 5.97 Å². The molecule has 5 aliphatic heterocycles. The Morgan fingerprint density at radius 1 is 1.32 bits per heavy atom. The standard InChI is InChI=1S/C21H27N7O7S3/c1-35-25-12(15-24-20(22)37-26-15)16(29)23-13-17(30)27-14(19(31)32)11(10-36-18(13)27)9-28-6-3-21(4-7-28,5-8-28)38(2,33)34/h13,18H,3-10H2,1-2H3,(H3-,22,23,24,26,29,31,32)/p+1/b25-12-/t13-,18-,21?,28?/m1/s1. The van der Waals surface area contributed by atoms with E-state index in [1.807, 2.05) is 0 Å². The first-order valence-electron chi connectivity index (χ1n) is 11.9. The summed E-state index contributed by atoms with van der Waals surface area (Å²) in [6.45, 7) is 2.41. The van der Waals surface area contributed by atoms with E-state index in [1.165, 1.54) is 30.0 Å². The lowest BCUT2D eigenvalue weighted by molar-refractivity contribution is -0.937. The second-order valence-corrected chi connectivity index (χ2v) is 14.4. The molecule has 0 spiro atoms. The molecule has 17 heteroatoms. The highest BCUT2D eigenvalue weighted by Crippen LogP contribution is 2.45. The van der Waals surface area contributed by atoms with E-state index in [2.05, 4.69) is 19.8 Å². The Balaban J connectivity index is 1.32. The molecular formula is C21H28N7O7S3+. The van der Waals surface area contributed by atoms with Crippen LogP contribution in [0, 0.1) is 0 Å². The molecule has 2 amide bonds. The zero-order valence-electron chi connectivity index (χ0n) is 20.7. The summed E-state index contributed by atoms with van der Waals surface area (Å²) in [7, 11) is -1.93. The molecule has 14 nitrogen and oxygen atoms in total. The molecule has 4 N–H and O–H groups in total. The molecule has 6 rings (SSSR count). The number of oxime groups is 1. The predicted molar refractivity (Wildman–Crippen MR) is 139 cm³/mol. The van der Waals surface area contributed by atoms with E-state index in [1.54, 1.807) is 0 Å². The number of carbonyl (C=O) groups is 3. The van der Waals surface area contributed by atoms with Crippen molar-refractivity contribution in [2.45, 2.75) is 35.4 Å². The highest BCUT2D eigenvalue weighted by Gasteiger charge is 2.57. The van der Waals surface area contributed by atoms with Crippen LogP contribution in [0.1, 0.15) is 25.1 Å². The van der Waals surface area contributed by atoms with Crippen LogP contribution in [-0.2, 0) is 29.1 Å². The Morgan fingerprint density at radius 2 is 1.97 bits per heavy atom. The van der Waals surface area contributed by atoms with E-state index < -0.39 is 43.8 Å². The van der Waals surface area contributed by atoms with Gasteiger partial charge in [0.15, 0.2) is 15.0 Å². The van der Waals surface area contributed by atoms with Gasteiger partial charge in [-0.05, 0) is 0 Å². The number of carbonyl (C=O) groups excluding carboxylic acids is 2. The fourth-order valence-electron chi connectivity index (χ4n) is 5.85. The Kier molecular flexibility index (Phi) is 6.68. The number of piperidine rings is 3. The number of β-lactam (4-membered cyclic amide) rings is 1. The van der Waals surface area contributed by atoms with Gasteiger partial charge in [0.2, 0.25) is 11.5 Å². The number of aliphatic carboxylic acids is 1. The molecule has 2 atom stereocenters. The fourth-order valence-corrected chi connectivity index (χ4v) is 9.01. The molecule has 0 saturated carbocycles. The van der Waals surface area contributed by atoms with Gasteiger partial charge in [-0.25, -0.2) is 13.2 Å². The molecule has 0 aromatic carbocycles. The number of carboxylic acid groups (broad SMARTS) is 1. The number of hydrogen-bond donors (Lipinski definition) is 3. The number of nitrogens with one attached hydrogen (secondary N) is 1. The summed E-state index contributed by atoms with van der Waals surface area (Å²) in [5, 5.41) is 15.9. The first-order valence-corrected chi connectivity index (χ1v) is 15.6. The lowest BCUT2D eigenvalue weighted by Gasteiger charge is -2.55. The first-order chi connectivity index (χ1) is 17.9. The molecule has 4 saturated heterocycles. The lowest BCUT2D eigenvalue weighted by Crippen LogP contribution is -2.71. The number of aromatic nitrogens is 2. The topological polar surface area (TPSA) is 194 Å². The van der Waals surface area contributed by atoms with E-state index in [0.29, 0.717) is 61.3 Å². The summed E-state index contributed by atoms with van der Waals surface area (Å²) in [4.78, 5) is 48.3. The van der Waals surface area contributed by atoms with Crippen LogP contribution in [0.15, 0.2) is 16.4 Å². The molecule has 0 aliphatic carbocycles. The van der Waals surface area contributed by atoms with Crippen molar-refractivity contribution in [3.05, 3.63) is 17.1 Å². The van der Waals surface area contributed by atoms with Crippen molar-refractivity contribution in [3.63, 3.8) is 0 Å². The summed E-state index contributed by atoms with van der Waals surface area (Å²) in [5.41, 5.74) is 5.94. The molecule has 5 aliphatic rings. The predicted octanol–water partition coefficient (Wildman–Crippen LogP) is -0.993. The molecule has 0 radical (unpaired) electrons. The number of carboxylic acids is 1. The SMILES string of the molecule is CO/N=C(\C(=O)N[C@@H]1C(=O)N2C(C(=O)O)=C(C[N+]34CCC(S(C)(=O)=O)(CC3)CC4)CS[C@H]12)c1nsc(N)n1. The van der Waals surface area contributed by atoms with Gasteiger partial charge in [-0.3, -0.25) is 14.5 Å². The summed E-state index contributed by atoms with van der Waals surface area (Å²) in [6, 6.07) is -0.964. The van der Waals surface area contributed by atoms with Gasteiger partial charge in [0.05, 0.1) is 24.4 Å². The van der Waals surface area contributed by atoms with Crippen LogP contribution in [0.3, 0.4) is 0 Å². The van der Waals surface area contributed by atoms with Gasteiger partial charge in [0.1, 0.15) is 30.8 Å². The van der Waals surface area contributed by atoms with Crippen molar-refractivity contribution >= 4 is 61.8 Å². The Morgan fingerprint density at radius 3 is 2.50 bits per heavy atom. The second-order valence-electron chi connectivity index (χ2n) is 10.1. The number of rotatable bonds is 8. The van der Waals surface area contributed by atoms with E-state index in [-0.39, 0.29) is 22.4 Å². The maximum absolute atomic E-state index is 13.1. The summed E-state index contributed by atoms with van der Waals surface area (Å²) < 4.78 is 28.7. The number of thioether (sulfide) groups is 1. The minimum absolute atomic E-state index is 0.0444. The Hall–Kier alpha value is -2.76. The van der Waals surface area contributed by atoms with Gasteiger partial charge < -0.3 is 25.5 Å². The maximum Gasteiger partial charge on any atom is 0.352 e. The van der Waals surface area contributed by atoms with Crippen molar-refractivity contribution in [1.82, 2.24) is 19.6 Å².